The molecule has 136 valence electrons. The maximum absolute atomic E-state index is 12.2. The molecule has 2 saturated carbocycles. The van der Waals surface area contributed by atoms with Crippen molar-refractivity contribution in [3.8, 4) is 0 Å². The lowest BCUT2D eigenvalue weighted by atomic mass is 9.46. The molecule has 0 aromatic rings. The van der Waals surface area contributed by atoms with Crippen LogP contribution in [-0.2, 0) is 9.59 Å². The highest BCUT2D eigenvalue weighted by Crippen LogP contribution is 2.66. The first-order chi connectivity index (χ1) is 11.8. The highest BCUT2D eigenvalue weighted by Gasteiger charge is 2.61. The zero-order valence-corrected chi connectivity index (χ0v) is 15.2. The Kier molecular flexibility index (Phi) is 3.68. The van der Waals surface area contributed by atoms with Crippen LogP contribution in [-0.4, -0.2) is 17.0 Å². The summed E-state index contributed by atoms with van der Waals surface area (Å²) in [6.45, 7) is 4.43. The van der Waals surface area contributed by atoms with E-state index >= 15 is 0 Å². The lowest BCUT2D eigenvalue weighted by Crippen LogP contribution is -2.54. The van der Waals surface area contributed by atoms with Gasteiger partial charge in [0, 0.05) is 11.3 Å². The summed E-state index contributed by atoms with van der Waals surface area (Å²) in [5, 5.41) is 9.68. The van der Waals surface area contributed by atoms with E-state index in [2.05, 4.69) is 32.1 Å². The van der Waals surface area contributed by atoms with Crippen LogP contribution in [0.1, 0.15) is 52.4 Å². The maximum Gasteiger partial charge on any atom is 0.307 e. The molecule has 4 heteroatoms. The molecule has 0 aromatic carbocycles. The van der Waals surface area contributed by atoms with Crippen molar-refractivity contribution >= 4 is 11.9 Å². The van der Waals surface area contributed by atoms with Gasteiger partial charge in [-0.05, 0) is 67.3 Å². The lowest BCUT2D eigenvalue weighted by molar-refractivity contribution is -0.148. The smallest absolute Gasteiger partial charge is 0.307 e. The van der Waals surface area contributed by atoms with E-state index in [0.717, 1.165) is 38.5 Å². The second-order valence-electron chi connectivity index (χ2n) is 9.14. The number of fused-ring (bicyclic) bond motifs is 5. The fraction of sp³-hybridized carbons (Fsp3) is 0.714. The SMILES string of the molecule is C[C@]12CC[C@H]3[C@@H](C=CC4=CCCC(C(N)=O)[C@@]43C)[C@@H]1CCC2C(=O)O. The number of amides is 1. The van der Waals surface area contributed by atoms with Crippen LogP contribution >= 0.6 is 0 Å². The van der Waals surface area contributed by atoms with Crippen LogP contribution in [0, 0.1) is 40.4 Å². The van der Waals surface area contributed by atoms with Gasteiger partial charge in [0.2, 0.25) is 5.91 Å². The van der Waals surface area contributed by atoms with Crippen molar-refractivity contribution in [1.29, 1.82) is 0 Å². The van der Waals surface area contributed by atoms with Crippen molar-refractivity contribution in [2.24, 2.45) is 46.2 Å². The summed E-state index contributed by atoms with van der Waals surface area (Å²) in [5.74, 6) is 0.0173. The number of hydrogen-bond acceptors (Lipinski definition) is 2. The van der Waals surface area contributed by atoms with Gasteiger partial charge in [-0.1, -0.05) is 32.1 Å². The molecule has 0 spiro atoms. The summed E-state index contributed by atoms with van der Waals surface area (Å²) in [4.78, 5) is 24.0. The molecular weight excluding hydrogens is 314 g/mol. The zero-order chi connectivity index (χ0) is 18.0. The Balaban J connectivity index is 1.75. The van der Waals surface area contributed by atoms with Gasteiger partial charge in [0.1, 0.15) is 0 Å². The number of carbonyl (C=O) groups is 2. The van der Waals surface area contributed by atoms with E-state index in [1.54, 1.807) is 0 Å². The topological polar surface area (TPSA) is 80.4 Å². The molecule has 4 aliphatic rings. The fourth-order valence-corrected chi connectivity index (χ4v) is 7.07. The van der Waals surface area contributed by atoms with Crippen LogP contribution in [0.4, 0.5) is 0 Å². The van der Waals surface area contributed by atoms with E-state index in [1.807, 2.05) is 0 Å². The number of primary amides is 1. The molecule has 0 aliphatic heterocycles. The van der Waals surface area contributed by atoms with Crippen molar-refractivity contribution in [2.75, 3.05) is 0 Å². The molecule has 0 radical (unpaired) electrons. The number of carboxylic acids is 1. The summed E-state index contributed by atoms with van der Waals surface area (Å²) >= 11 is 0. The second-order valence-corrected chi connectivity index (χ2v) is 9.14. The molecule has 4 rings (SSSR count). The molecule has 0 saturated heterocycles. The highest BCUT2D eigenvalue weighted by atomic mass is 16.4. The van der Waals surface area contributed by atoms with Gasteiger partial charge in [-0.25, -0.2) is 0 Å². The molecule has 0 heterocycles. The second kappa shape index (κ2) is 5.46. The van der Waals surface area contributed by atoms with Crippen LogP contribution in [0.3, 0.4) is 0 Å². The van der Waals surface area contributed by atoms with Crippen molar-refractivity contribution < 1.29 is 14.7 Å². The van der Waals surface area contributed by atoms with Gasteiger partial charge in [0.25, 0.3) is 0 Å². The first-order valence-electron chi connectivity index (χ1n) is 9.71. The first-order valence-corrected chi connectivity index (χ1v) is 9.71. The number of carboxylic acid groups (broad SMARTS) is 1. The Morgan fingerprint density at radius 2 is 1.88 bits per heavy atom. The zero-order valence-electron chi connectivity index (χ0n) is 15.2. The Labute approximate surface area is 149 Å². The Morgan fingerprint density at radius 1 is 1.12 bits per heavy atom. The molecular formula is C21H29NO3. The number of hydrogen-bond donors (Lipinski definition) is 2. The summed E-state index contributed by atoms with van der Waals surface area (Å²) in [7, 11) is 0. The van der Waals surface area contributed by atoms with Gasteiger partial charge in [-0.15, -0.1) is 0 Å². The van der Waals surface area contributed by atoms with Crippen molar-refractivity contribution in [2.45, 2.75) is 52.4 Å². The Hall–Kier alpha value is -1.58. The first kappa shape index (κ1) is 16.9. The van der Waals surface area contributed by atoms with E-state index in [1.165, 1.54) is 5.57 Å². The van der Waals surface area contributed by atoms with Gasteiger partial charge in [-0.2, -0.15) is 0 Å². The summed E-state index contributed by atoms with van der Waals surface area (Å²) in [5.41, 5.74) is 6.78. The molecule has 4 nitrogen and oxygen atoms in total. The van der Waals surface area contributed by atoms with Crippen LogP contribution in [0.25, 0.3) is 0 Å². The van der Waals surface area contributed by atoms with Crippen LogP contribution in [0.2, 0.25) is 0 Å². The molecule has 2 fully saturated rings. The van der Waals surface area contributed by atoms with Gasteiger partial charge < -0.3 is 10.8 Å². The maximum atomic E-state index is 12.2. The summed E-state index contributed by atoms with van der Waals surface area (Å²) in [6.07, 6.45) is 12.3. The van der Waals surface area contributed by atoms with Crippen LogP contribution in [0.5, 0.6) is 0 Å². The number of aliphatic carboxylic acids is 1. The normalized spacial score (nSPS) is 48.1. The van der Waals surface area contributed by atoms with E-state index in [4.69, 9.17) is 5.73 Å². The van der Waals surface area contributed by atoms with Crippen LogP contribution in [0.15, 0.2) is 23.8 Å². The Bertz CT molecular complexity index is 681. The van der Waals surface area contributed by atoms with Crippen molar-refractivity contribution in [1.82, 2.24) is 0 Å². The predicted molar refractivity (Wildman–Crippen MR) is 95.4 cm³/mol. The average molecular weight is 343 g/mol. The van der Waals surface area contributed by atoms with E-state index in [-0.39, 0.29) is 28.6 Å². The quantitative estimate of drug-likeness (QED) is 0.805. The van der Waals surface area contributed by atoms with E-state index in [9.17, 15) is 14.7 Å². The van der Waals surface area contributed by atoms with Gasteiger partial charge in [0.15, 0.2) is 0 Å². The van der Waals surface area contributed by atoms with Crippen LogP contribution < -0.4 is 5.73 Å². The summed E-state index contributed by atoms with van der Waals surface area (Å²) in [6, 6.07) is 0. The molecule has 1 amide bonds. The monoisotopic (exact) mass is 343 g/mol. The number of nitrogens with two attached hydrogens (primary N) is 1. The van der Waals surface area contributed by atoms with Gasteiger partial charge >= 0.3 is 5.97 Å². The minimum absolute atomic E-state index is 0.106. The van der Waals surface area contributed by atoms with Crippen molar-refractivity contribution in [3.05, 3.63) is 23.8 Å². The van der Waals surface area contributed by atoms with Crippen molar-refractivity contribution in [3.63, 3.8) is 0 Å². The molecule has 25 heavy (non-hydrogen) atoms. The average Bonchev–Trinajstić information content (AvgIpc) is 2.91. The highest BCUT2D eigenvalue weighted by molar-refractivity contribution is 5.79. The number of rotatable bonds is 2. The molecule has 0 aromatic heterocycles. The predicted octanol–water partition coefficient (Wildman–Crippen LogP) is 3.53. The third kappa shape index (κ3) is 2.12. The standard InChI is InChI=1S/C21H29NO3/c1-20-11-10-15-13(14(20)8-9-17(20)19(24)25)7-6-12-4-3-5-16(18(22)23)21(12,15)2/h4,6-7,13-17H,3,5,8-11H2,1-2H3,(H2,22,23)(H,24,25)/t13-,14-,15-,16?,17?,20-,21-/m0/s1. The number of allylic oxidation sites excluding steroid dienone is 4. The molecule has 3 N–H and O–H groups in total. The molecule has 0 bridgehead atoms. The molecule has 2 unspecified atom stereocenters. The minimum atomic E-state index is -0.636. The Morgan fingerprint density at radius 3 is 2.56 bits per heavy atom. The lowest BCUT2D eigenvalue weighted by Gasteiger charge is -2.57. The fourth-order valence-electron chi connectivity index (χ4n) is 7.07. The van der Waals surface area contributed by atoms with E-state index < -0.39 is 5.97 Å². The van der Waals surface area contributed by atoms with Gasteiger partial charge in [0.05, 0.1) is 5.92 Å². The molecule has 7 atom stereocenters. The third-order valence-corrected chi connectivity index (χ3v) is 8.41. The summed E-state index contributed by atoms with van der Waals surface area (Å²) < 4.78 is 0. The molecule has 4 aliphatic carbocycles. The van der Waals surface area contributed by atoms with E-state index in [0.29, 0.717) is 17.8 Å². The minimum Gasteiger partial charge on any atom is -0.481 e. The third-order valence-electron chi connectivity index (χ3n) is 8.41. The van der Waals surface area contributed by atoms with Gasteiger partial charge in [-0.3, -0.25) is 9.59 Å². The largest absolute Gasteiger partial charge is 0.481 e. The number of carbonyl (C=O) groups excluding carboxylic acids is 1.